The number of piperidine rings is 1. The van der Waals surface area contributed by atoms with Gasteiger partial charge in [0.15, 0.2) is 0 Å². The molecule has 1 aromatic carbocycles. The van der Waals surface area contributed by atoms with Crippen molar-refractivity contribution in [2.45, 2.75) is 39.2 Å². The van der Waals surface area contributed by atoms with Gasteiger partial charge in [-0.15, -0.1) is 0 Å². The number of aryl methyl sites for hydroxylation is 1. The second kappa shape index (κ2) is 8.14. The number of amides is 1. The Kier molecular flexibility index (Phi) is 5.68. The Morgan fingerprint density at radius 2 is 2.00 bits per heavy atom. The molecule has 0 atom stereocenters. The summed E-state index contributed by atoms with van der Waals surface area (Å²) in [4.78, 5) is 21.1. The van der Waals surface area contributed by atoms with Crippen LogP contribution in [-0.4, -0.2) is 41.1 Å². The Labute approximate surface area is 148 Å². The molecule has 1 amide bonds. The van der Waals surface area contributed by atoms with Gasteiger partial charge in [-0.1, -0.05) is 37.3 Å². The van der Waals surface area contributed by atoms with Crippen LogP contribution >= 0.6 is 0 Å². The number of nitrogens with zero attached hydrogens (tertiary/aromatic N) is 4. The molecule has 1 saturated heterocycles. The SMILES string of the molecule is CCCc1nc(N2CCC(C(=O)N(C)Cc3ccccc3)CC2)no1. The fourth-order valence-corrected chi connectivity index (χ4v) is 3.26. The van der Waals surface area contributed by atoms with E-state index in [-0.39, 0.29) is 11.8 Å². The monoisotopic (exact) mass is 342 g/mol. The van der Waals surface area contributed by atoms with E-state index in [1.807, 2.05) is 30.1 Å². The van der Waals surface area contributed by atoms with Crippen LogP contribution in [0.15, 0.2) is 34.9 Å². The zero-order valence-corrected chi connectivity index (χ0v) is 15.0. The number of benzene rings is 1. The van der Waals surface area contributed by atoms with Gasteiger partial charge < -0.3 is 14.3 Å². The summed E-state index contributed by atoms with van der Waals surface area (Å²) in [7, 11) is 1.89. The molecule has 2 heterocycles. The number of hydrogen-bond acceptors (Lipinski definition) is 5. The first-order valence-electron chi connectivity index (χ1n) is 9.03. The Balaban J connectivity index is 1.51. The minimum atomic E-state index is 0.0759. The standard InChI is InChI=1S/C19H26N4O2/c1-3-7-17-20-19(21-25-17)23-12-10-16(11-13-23)18(24)22(2)14-15-8-5-4-6-9-15/h4-6,8-9,16H,3,7,10-14H2,1-2H3. The normalized spacial score (nSPS) is 15.4. The van der Waals surface area contributed by atoms with Crippen LogP contribution in [0.25, 0.3) is 0 Å². The Morgan fingerprint density at radius 3 is 2.68 bits per heavy atom. The molecule has 0 saturated carbocycles. The van der Waals surface area contributed by atoms with Gasteiger partial charge in [-0.2, -0.15) is 4.98 Å². The number of carbonyl (C=O) groups excluding carboxylic acids is 1. The van der Waals surface area contributed by atoms with Crippen molar-refractivity contribution in [3.63, 3.8) is 0 Å². The smallest absolute Gasteiger partial charge is 0.266 e. The van der Waals surface area contributed by atoms with Crippen LogP contribution in [0, 0.1) is 5.92 Å². The molecular formula is C19H26N4O2. The average molecular weight is 342 g/mol. The van der Waals surface area contributed by atoms with Gasteiger partial charge in [-0.25, -0.2) is 0 Å². The summed E-state index contributed by atoms with van der Waals surface area (Å²) in [5.74, 6) is 1.65. The van der Waals surface area contributed by atoms with Crippen LogP contribution in [0.1, 0.15) is 37.6 Å². The minimum absolute atomic E-state index is 0.0759. The third-order valence-corrected chi connectivity index (χ3v) is 4.69. The topological polar surface area (TPSA) is 62.5 Å². The van der Waals surface area contributed by atoms with Gasteiger partial charge in [-0.3, -0.25) is 4.79 Å². The van der Waals surface area contributed by atoms with Crippen molar-refractivity contribution in [3.05, 3.63) is 41.8 Å². The Bertz CT molecular complexity index is 678. The van der Waals surface area contributed by atoms with Crippen LogP contribution in [0.4, 0.5) is 5.95 Å². The van der Waals surface area contributed by atoms with E-state index in [4.69, 9.17) is 4.52 Å². The maximum absolute atomic E-state index is 12.7. The highest BCUT2D eigenvalue weighted by molar-refractivity contribution is 5.78. The number of anilines is 1. The van der Waals surface area contributed by atoms with Crippen molar-refractivity contribution in [1.82, 2.24) is 15.0 Å². The molecule has 134 valence electrons. The molecular weight excluding hydrogens is 316 g/mol. The molecule has 0 radical (unpaired) electrons. The number of hydrogen-bond donors (Lipinski definition) is 0. The predicted molar refractivity (Wildman–Crippen MR) is 96.1 cm³/mol. The van der Waals surface area contributed by atoms with Crippen molar-refractivity contribution >= 4 is 11.9 Å². The Morgan fingerprint density at radius 1 is 1.28 bits per heavy atom. The van der Waals surface area contributed by atoms with Gasteiger partial charge in [0.1, 0.15) is 0 Å². The molecule has 1 aliphatic heterocycles. The van der Waals surface area contributed by atoms with Crippen LogP contribution in [0.2, 0.25) is 0 Å². The van der Waals surface area contributed by atoms with Crippen LogP contribution in [-0.2, 0) is 17.8 Å². The summed E-state index contributed by atoms with van der Waals surface area (Å²) < 4.78 is 5.26. The van der Waals surface area contributed by atoms with Gasteiger partial charge in [0.2, 0.25) is 11.8 Å². The molecule has 3 rings (SSSR count). The number of aromatic nitrogens is 2. The molecule has 2 aromatic rings. The first kappa shape index (κ1) is 17.5. The van der Waals surface area contributed by atoms with Gasteiger partial charge in [0.25, 0.3) is 5.95 Å². The van der Waals surface area contributed by atoms with Crippen LogP contribution in [0.3, 0.4) is 0 Å². The van der Waals surface area contributed by atoms with Gasteiger partial charge in [-0.05, 0) is 30.0 Å². The zero-order chi connectivity index (χ0) is 17.6. The van der Waals surface area contributed by atoms with Crippen molar-refractivity contribution in [3.8, 4) is 0 Å². The first-order chi connectivity index (χ1) is 12.2. The maximum atomic E-state index is 12.7. The molecule has 1 aliphatic rings. The summed E-state index contributed by atoms with van der Waals surface area (Å²) in [6.07, 6.45) is 3.46. The second-order valence-electron chi connectivity index (χ2n) is 6.68. The fraction of sp³-hybridized carbons (Fsp3) is 0.526. The van der Waals surface area contributed by atoms with Crippen LogP contribution in [0.5, 0.6) is 0 Å². The van der Waals surface area contributed by atoms with E-state index in [2.05, 4.69) is 34.1 Å². The molecule has 1 fully saturated rings. The minimum Gasteiger partial charge on any atom is -0.341 e. The Hall–Kier alpha value is -2.37. The van der Waals surface area contributed by atoms with Crippen molar-refractivity contribution in [2.24, 2.45) is 5.92 Å². The molecule has 25 heavy (non-hydrogen) atoms. The van der Waals surface area contributed by atoms with Gasteiger partial charge >= 0.3 is 0 Å². The lowest BCUT2D eigenvalue weighted by Crippen LogP contribution is -2.41. The molecule has 0 bridgehead atoms. The molecule has 0 unspecified atom stereocenters. The lowest BCUT2D eigenvalue weighted by Gasteiger charge is -2.32. The van der Waals surface area contributed by atoms with E-state index in [1.54, 1.807) is 0 Å². The highest BCUT2D eigenvalue weighted by atomic mass is 16.5. The van der Waals surface area contributed by atoms with E-state index < -0.39 is 0 Å². The van der Waals surface area contributed by atoms with E-state index in [9.17, 15) is 4.79 Å². The molecule has 0 N–H and O–H groups in total. The summed E-state index contributed by atoms with van der Waals surface area (Å²) >= 11 is 0. The van der Waals surface area contributed by atoms with Crippen molar-refractivity contribution in [1.29, 1.82) is 0 Å². The van der Waals surface area contributed by atoms with Gasteiger partial charge in [0.05, 0.1) is 0 Å². The van der Waals surface area contributed by atoms with E-state index in [0.29, 0.717) is 18.4 Å². The first-order valence-corrected chi connectivity index (χ1v) is 9.03. The van der Waals surface area contributed by atoms with Gasteiger partial charge in [0, 0.05) is 39.0 Å². The highest BCUT2D eigenvalue weighted by Crippen LogP contribution is 2.23. The highest BCUT2D eigenvalue weighted by Gasteiger charge is 2.28. The summed E-state index contributed by atoms with van der Waals surface area (Å²) in [6, 6.07) is 10.1. The predicted octanol–water partition coefficient (Wildman–Crippen LogP) is 2.90. The molecule has 6 heteroatoms. The van der Waals surface area contributed by atoms with Crippen molar-refractivity contribution in [2.75, 3.05) is 25.0 Å². The average Bonchev–Trinajstić information content (AvgIpc) is 3.11. The van der Waals surface area contributed by atoms with E-state index in [1.165, 1.54) is 0 Å². The third-order valence-electron chi connectivity index (χ3n) is 4.69. The molecule has 6 nitrogen and oxygen atoms in total. The molecule has 0 aliphatic carbocycles. The lowest BCUT2D eigenvalue weighted by molar-refractivity contribution is -0.135. The quantitative estimate of drug-likeness (QED) is 0.808. The summed E-state index contributed by atoms with van der Waals surface area (Å²) in [6.45, 7) is 4.33. The van der Waals surface area contributed by atoms with E-state index in [0.717, 1.165) is 44.3 Å². The summed E-state index contributed by atoms with van der Waals surface area (Å²) in [5, 5.41) is 4.06. The largest absolute Gasteiger partial charge is 0.341 e. The number of carbonyl (C=O) groups is 1. The molecule has 1 aromatic heterocycles. The maximum Gasteiger partial charge on any atom is 0.266 e. The van der Waals surface area contributed by atoms with Crippen molar-refractivity contribution < 1.29 is 9.32 Å². The zero-order valence-electron chi connectivity index (χ0n) is 15.0. The number of rotatable bonds is 6. The third kappa shape index (κ3) is 4.38. The summed E-state index contributed by atoms with van der Waals surface area (Å²) in [5.41, 5.74) is 1.16. The van der Waals surface area contributed by atoms with E-state index >= 15 is 0 Å². The second-order valence-corrected chi connectivity index (χ2v) is 6.68. The van der Waals surface area contributed by atoms with Crippen LogP contribution < -0.4 is 4.90 Å². The fourth-order valence-electron chi connectivity index (χ4n) is 3.26. The lowest BCUT2D eigenvalue weighted by atomic mass is 9.95. The molecule has 0 spiro atoms.